The number of carbonyl (C=O) groups excluding carboxylic acids is 1. The maximum atomic E-state index is 10.4. The Morgan fingerprint density at radius 1 is 0.941 bits per heavy atom. The molecule has 1 aromatic rings. The molecule has 0 aromatic heterocycles. The van der Waals surface area contributed by atoms with Crippen LogP contribution < -0.4 is 16.0 Å². The zero-order valence-corrected chi connectivity index (χ0v) is 8.43. The number of hydrogen-bond acceptors (Lipinski definition) is 3. The van der Waals surface area contributed by atoms with E-state index in [2.05, 4.69) is 5.32 Å². The van der Waals surface area contributed by atoms with Crippen molar-refractivity contribution in [2.75, 3.05) is 16.0 Å². The Morgan fingerprint density at radius 3 is 1.71 bits per heavy atom. The molecule has 0 atom stereocenters. The number of rotatable bonds is 4. The second-order valence-electron chi connectivity index (χ2n) is 2.92. The lowest BCUT2D eigenvalue weighted by Gasteiger charge is -2.08. The van der Waals surface area contributed by atoms with E-state index in [1.807, 2.05) is 10.6 Å². The average Bonchev–Trinajstić information content (AvgIpc) is 2.14. The van der Waals surface area contributed by atoms with E-state index in [4.69, 9.17) is 10.2 Å². The van der Waals surface area contributed by atoms with Crippen LogP contribution in [0, 0.1) is 0 Å². The van der Waals surface area contributed by atoms with Crippen LogP contribution in [0.3, 0.4) is 0 Å². The smallest absolute Gasteiger partial charge is 0.409 e. The third-order valence-electron chi connectivity index (χ3n) is 1.66. The summed E-state index contributed by atoms with van der Waals surface area (Å²) in [7, 11) is 0. The van der Waals surface area contributed by atoms with Gasteiger partial charge in [0.2, 0.25) is 6.41 Å². The molecule has 90 valence electrons. The predicted molar refractivity (Wildman–Crippen MR) is 59.4 cm³/mol. The topological polar surface area (TPSA) is 128 Å². The summed E-state index contributed by atoms with van der Waals surface area (Å²) in [6, 6.07) is 3.96. The number of carboxylic acid groups (broad SMARTS) is 2. The van der Waals surface area contributed by atoms with Crippen LogP contribution in [0.1, 0.15) is 0 Å². The van der Waals surface area contributed by atoms with Crippen molar-refractivity contribution in [3.05, 3.63) is 18.2 Å². The van der Waals surface area contributed by atoms with Crippen LogP contribution in [-0.4, -0.2) is 28.8 Å². The van der Waals surface area contributed by atoms with Gasteiger partial charge in [0, 0.05) is 17.1 Å². The number of anilines is 3. The van der Waals surface area contributed by atoms with Crippen molar-refractivity contribution >= 4 is 35.7 Å². The first kappa shape index (κ1) is 12.3. The number of hydrogen-bond donors (Lipinski definition) is 5. The van der Waals surface area contributed by atoms with Gasteiger partial charge in [0.25, 0.3) is 0 Å². The van der Waals surface area contributed by atoms with Crippen LogP contribution in [0.15, 0.2) is 18.2 Å². The molecule has 0 saturated carbocycles. The number of benzene rings is 1. The van der Waals surface area contributed by atoms with Crippen molar-refractivity contribution in [3.63, 3.8) is 0 Å². The molecular formula is C9H9N3O5. The Hall–Kier alpha value is -2.77. The molecule has 3 amide bonds. The predicted octanol–water partition coefficient (Wildman–Crippen LogP) is 1.43. The first-order chi connectivity index (χ1) is 8.01. The number of nitrogens with one attached hydrogen (secondary N) is 3. The lowest BCUT2D eigenvalue weighted by atomic mass is 10.2. The lowest BCUT2D eigenvalue weighted by Crippen LogP contribution is -2.11. The largest absolute Gasteiger partial charge is 0.465 e. The lowest BCUT2D eigenvalue weighted by molar-refractivity contribution is -0.105. The standard InChI is InChI=1S/C9H9N3O5/c13-4-10-5-1-6(11-8(14)15)3-7(2-5)12-9(16)17/h1-4,11-12H,(H,10,13)(H,14,15)(H,16,17). The molecule has 8 nitrogen and oxygen atoms in total. The minimum absolute atomic E-state index is 0.133. The van der Waals surface area contributed by atoms with Gasteiger partial charge in [-0.25, -0.2) is 9.59 Å². The van der Waals surface area contributed by atoms with E-state index in [1.54, 1.807) is 0 Å². The molecule has 0 spiro atoms. The van der Waals surface area contributed by atoms with E-state index >= 15 is 0 Å². The maximum absolute atomic E-state index is 10.4. The molecule has 17 heavy (non-hydrogen) atoms. The Bertz CT molecular complexity index is 426. The first-order valence-corrected chi connectivity index (χ1v) is 4.36. The normalized spacial score (nSPS) is 9.18. The van der Waals surface area contributed by atoms with Crippen LogP contribution >= 0.6 is 0 Å². The summed E-state index contributed by atoms with van der Waals surface area (Å²) in [6.45, 7) is 0. The van der Waals surface area contributed by atoms with Crippen LogP contribution in [0.4, 0.5) is 26.7 Å². The molecule has 5 N–H and O–H groups in total. The molecular weight excluding hydrogens is 230 g/mol. The Kier molecular flexibility index (Phi) is 3.87. The number of carbonyl (C=O) groups is 3. The summed E-state index contributed by atoms with van der Waals surface area (Å²) >= 11 is 0. The van der Waals surface area contributed by atoms with Gasteiger partial charge in [-0.2, -0.15) is 0 Å². The van der Waals surface area contributed by atoms with Gasteiger partial charge in [0.05, 0.1) is 0 Å². The zero-order valence-electron chi connectivity index (χ0n) is 8.43. The van der Waals surface area contributed by atoms with Crippen LogP contribution in [0.5, 0.6) is 0 Å². The van der Waals surface area contributed by atoms with E-state index in [-0.39, 0.29) is 17.1 Å². The molecule has 0 aliphatic heterocycles. The summed E-state index contributed by atoms with van der Waals surface area (Å²) in [6.07, 6.45) is -2.20. The summed E-state index contributed by atoms with van der Waals surface area (Å²) in [4.78, 5) is 31.1. The Morgan fingerprint density at radius 2 is 1.35 bits per heavy atom. The fourth-order valence-electron chi connectivity index (χ4n) is 1.17. The molecule has 0 unspecified atom stereocenters. The molecule has 8 heteroatoms. The van der Waals surface area contributed by atoms with Crippen LogP contribution in [0.2, 0.25) is 0 Å². The van der Waals surface area contributed by atoms with Gasteiger partial charge in [-0.15, -0.1) is 0 Å². The van der Waals surface area contributed by atoms with Crippen LogP contribution in [0.25, 0.3) is 0 Å². The third-order valence-corrected chi connectivity index (χ3v) is 1.66. The minimum Gasteiger partial charge on any atom is -0.465 e. The molecule has 1 aromatic carbocycles. The quantitative estimate of drug-likeness (QED) is 0.508. The van der Waals surface area contributed by atoms with E-state index in [9.17, 15) is 14.4 Å². The SMILES string of the molecule is O=CNc1cc(NC(=O)O)cc(NC(=O)O)c1. The molecule has 0 saturated heterocycles. The van der Waals surface area contributed by atoms with Gasteiger partial charge < -0.3 is 15.5 Å². The van der Waals surface area contributed by atoms with Crippen molar-refractivity contribution < 1.29 is 24.6 Å². The summed E-state index contributed by atoms with van der Waals surface area (Å²) < 4.78 is 0. The molecule has 1 rings (SSSR count). The highest BCUT2D eigenvalue weighted by atomic mass is 16.4. The van der Waals surface area contributed by atoms with Gasteiger partial charge in [0.1, 0.15) is 0 Å². The van der Waals surface area contributed by atoms with Gasteiger partial charge in [-0.3, -0.25) is 15.4 Å². The maximum Gasteiger partial charge on any atom is 0.409 e. The van der Waals surface area contributed by atoms with E-state index in [1.165, 1.54) is 18.2 Å². The fourth-order valence-corrected chi connectivity index (χ4v) is 1.17. The van der Waals surface area contributed by atoms with Gasteiger partial charge in [-0.05, 0) is 18.2 Å². The fraction of sp³-hybridized carbons (Fsp3) is 0. The molecule has 0 fully saturated rings. The summed E-state index contributed by atoms with van der Waals surface area (Å²) in [5.74, 6) is 0. The molecule has 0 aliphatic rings. The summed E-state index contributed by atoms with van der Waals surface area (Å²) in [5, 5.41) is 23.4. The second kappa shape index (κ2) is 5.35. The highest BCUT2D eigenvalue weighted by Gasteiger charge is 2.05. The van der Waals surface area contributed by atoms with Crippen molar-refractivity contribution in [2.45, 2.75) is 0 Å². The van der Waals surface area contributed by atoms with Crippen molar-refractivity contribution in [1.29, 1.82) is 0 Å². The van der Waals surface area contributed by atoms with Crippen molar-refractivity contribution in [2.24, 2.45) is 0 Å². The van der Waals surface area contributed by atoms with Crippen molar-refractivity contribution in [3.8, 4) is 0 Å². The summed E-state index contributed by atoms with van der Waals surface area (Å²) in [5.41, 5.74) is 0.524. The highest BCUT2D eigenvalue weighted by Crippen LogP contribution is 2.22. The van der Waals surface area contributed by atoms with E-state index in [0.717, 1.165) is 0 Å². The highest BCUT2D eigenvalue weighted by molar-refractivity contribution is 5.90. The number of amides is 3. The van der Waals surface area contributed by atoms with Crippen molar-refractivity contribution in [1.82, 2.24) is 0 Å². The van der Waals surface area contributed by atoms with Gasteiger partial charge >= 0.3 is 12.2 Å². The third kappa shape index (κ3) is 4.08. The van der Waals surface area contributed by atoms with Gasteiger partial charge in [0.15, 0.2) is 0 Å². The average molecular weight is 239 g/mol. The molecule has 0 aliphatic carbocycles. The van der Waals surface area contributed by atoms with Gasteiger partial charge in [-0.1, -0.05) is 0 Å². The molecule has 0 bridgehead atoms. The van der Waals surface area contributed by atoms with E-state index in [0.29, 0.717) is 6.41 Å². The Labute approximate surface area is 95.2 Å². The Balaban J connectivity index is 3.03. The molecule has 0 heterocycles. The minimum atomic E-state index is -1.30. The van der Waals surface area contributed by atoms with Crippen LogP contribution in [-0.2, 0) is 4.79 Å². The molecule has 0 radical (unpaired) electrons. The zero-order chi connectivity index (χ0) is 12.8. The second-order valence-corrected chi connectivity index (χ2v) is 2.92. The monoisotopic (exact) mass is 239 g/mol. The first-order valence-electron chi connectivity index (χ1n) is 4.36. The van der Waals surface area contributed by atoms with E-state index < -0.39 is 12.2 Å².